The zero-order valence-electron chi connectivity index (χ0n) is 16.6. The van der Waals surface area contributed by atoms with Gasteiger partial charge < -0.3 is 14.7 Å². The highest BCUT2D eigenvalue weighted by atomic mass is 16.5. The SMILES string of the molecule is Cc1cc(N2CCC(NC(C)c3nc(C)no3)CC2)nc(-c2ccccc2)n1. The maximum atomic E-state index is 5.28. The van der Waals surface area contributed by atoms with Crippen LogP contribution in [0.2, 0.25) is 0 Å². The second-order valence-electron chi connectivity index (χ2n) is 7.39. The molecule has 0 spiro atoms. The predicted octanol–water partition coefficient (Wildman–Crippen LogP) is 3.46. The van der Waals surface area contributed by atoms with Crippen molar-refractivity contribution in [3.63, 3.8) is 0 Å². The van der Waals surface area contributed by atoms with Crippen LogP contribution in [0.15, 0.2) is 40.9 Å². The lowest BCUT2D eigenvalue weighted by Crippen LogP contribution is -2.43. The third-order valence-electron chi connectivity index (χ3n) is 5.09. The molecular formula is C21H26N6O. The standard InChI is InChI=1S/C21H26N6O/c1-14-13-19(25-20(22-14)17-7-5-4-6-8-17)27-11-9-18(10-12-27)23-15(2)21-24-16(3)26-28-21/h4-8,13,15,18,23H,9-12H2,1-3H3. The van der Waals surface area contributed by atoms with E-state index in [0.29, 0.717) is 17.8 Å². The van der Waals surface area contributed by atoms with E-state index in [0.717, 1.165) is 48.8 Å². The summed E-state index contributed by atoms with van der Waals surface area (Å²) in [5.41, 5.74) is 2.04. The Labute approximate surface area is 165 Å². The molecule has 0 saturated carbocycles. The maximum absolute atomic E-state index is 5.28. The van der Waals surface area contributed by atoms with E-state index in [4.69, 9.17) is 9.51 Å². The van der Waals surface area contributed by atoms with Crippen LogP contribution in [0.25, 0.3) is 11.4 Å². The summed E-state index contributed by atoms with van der Waals surface area (Å²) >= 11 is 0. The van der Waals surface area contributed by atoms with Crippen LogP contribution in [0.1, 0.15) is 43.2 Å². The van der Waals surface area contributed by atoms with Crippen molar-refractivity contribution >= 4 is 5.82 Å². The lowest BCUT2D eigenvalue weighted by molar-refractivity contribution is 0.304. The molecule has 1 fully saturated rings. The summed E-state index contributed by atoms with van der Waals surface area (Å²) in [6.07, 6.45) is 2.09. The van der Waals surface area contributed by atoms with E-state index in [1.54, 1.807) is 0 Å². The van der Waals surface area contributed by atoms with E-state index >= 15 is 0 Å². The Kier molecular flexibility index (Phi) is 5.34. The van der Waals surface area contributed by atoms with E-state index in [1.165, 1.54) is 0 Å². The van der Waals surface area contributed by atoms with E-state index in [1.807, 2.05) is 32.0 Å². The minimum atomic E-state index is 0.0590. The molecule has 0 bridgehead atoms. The van der Waals surface area contributed by atoms with Gasteiger partial charge in [-0.2, -0.15) is 4.98 Å². The van der Waals surface area contributed by atoms with Gasteiger partial charge in [-0.25, -0.2) is 9.97 Å². The van der Waals surface area contributed by atoms with Crippen LogP contribution in [0.4, 0.5) is 5.82 Å². The Morgan fingerprint density at radius 1 is 1.07 bits per heavy atom. The minimum Gasteiger partial charge on any atom is -0.356 e. The van der Waals surface area contributed by atoms with Gasteiger partial charge in [-0.3, -0.25) is 0 Å². The third kappa shape index (κ3) is 4.20. The smallest absolute Gasteiger partial charge is 0.243 e. The molecule has 1 aliphatic rings. The fraction of sp³-hybridized carbons (Fsp3) is 0.429. The normalized spacial score (nSPS) is 16.3. The number of aryl methyl sites for hydroxylation is 2. The first kappa shape index (κ1) is 18.6. The summed E-state index contributed by atoms with van der Waals surface area (Å²) in [7, 11) is 0. The minimum absolute atomic E-state index is 0.0590. The molecule has 28 heavy (non-hydrogen) atoms. The number of nitrogens with zero attached hydrogens (tertiary/aromatic N) is 5. The van der Waals surface area contributed by atoms with Gasteiger partial charge in [-0.1, -0.05) is 35.5 Å². The van der Waals surface area contributed by atoms with Gasteiger partial charge in [0.15, 0.2) is 11.6 Å². The van der Waals surface area contributed by atoms with Crippen LogP contribution in [0.5, 0.6) is 0 Å². The largest absolute Gasteiger partial charge is 0.356 e. The molecule has 0 radical (unpaired) electrons. The molecular weight excluding hydrogens is 352 g/mol. The summed E-state index contributed by atoms with van der Waals surface area (Å²) in [6, 6.07) is 12.7. The molecule has 1 unspecified atom stereocenters. The molecule has 7 nitrogen and oxygen atoms in total. The average Bonchev–Trinajstić information content (AvgIpc) is 3.15. The number of benzene rings is 1. The number of hydrogen-bond donors (Lipinski definition) is 1. The highest BCUT2D eigenvalue weighted by Crippen LogP contribution is 2.24. The van der Waals surface area contributed by atoms with E-state index in [-0.39, 0.29) is 6.04 Å². The third-order valence-corrected chi connectivity index (χ3v) is 5.09. The quantitative estimate of drug-likeness (QED) is 0.728. The molecule has 4 rings (SSSR count). The molecule has 1 N–H and O–H groups in total. The summed E-state index contributed by atoms with van der Waals surface area (Å²) in [5.74, 6) is 3.12. The summed E-state index contributed by atoms with van der Waals surface area (Å²) in [4.78, 5) is 16.1. The molecule has 0 aliphatic carbocycles. The first-order valence-electron chi connectivity index (χ1n) is 9.81. The highest BCUT2D eigenvalue weighted by Gasteiger charge is 2.24. The van der Waals surface area contributed by atoms with E-state index < -0.39 is 0 Å². The van der Waals surface area contributed by atoms with Crippen LogP contribution in [0.3, 0.4) is 0 Å². The summed E-state index contributed by atoms with van der Waals surface area (Å²) in [5, 5.41) is 7.49. The lowest BCUT2D eigenvalue weighted by Gasteiger charge is -2.34. The van der Waals surface area contributed by atoms with Gasteiger partial charge in [-0.15, -0.1) is 0 Å². The van der Waals surface area contributed by atoms with Crippen molar-refractivity contribution in [3.8, 4) is 11.4 Å². The van der Waals surface area contributed by atoms with Gasteiger partial charge in [0.05, 0.1) is 6.04 Å². The predicted molar refractivity (Wildman–Crippen MR) is 108 cm³/mol. The molecule has 2 aromatic heterocycles. The van der Waals surface area contributed by atoms with Crippen LogP contribution < -0.4 is 10.2 Å². The fourth-order valence-corrected chi connectivity index (χ4v) is 3.62. The van der Waals surface area contributed by atoms with Crippen LogP contribution in [-0.2, 0) is 0 Å². The van der Waals surface area contributed by atoms with Crippen molar-refractivity contribution in [3.05, 3.63) is 53.8 Å². The Morgan fingerprint density at radius 2 is 1.82 bits per heavy atom. The molecule has 1 atom stereocenters. The highest BCUT2D eigenvalue weighted by molar-refractivity contribution is 5.57. The second kappa shape index (κ2) is 8.06. The molecule has 3 heterocycles. The van der Waals surface area contributed by atoms with Gasteiger partial charge in [0.1, 0.15) is 5.82 Å². The van der Waals surface area contributed by atoms with Gasteiger partial charge in [-0.05, 0) is 33.6 Å². The van der Waals surface area contributed by atoms with Crippen molar-refractivity contribution in [2.45, 2.75) is 45.7 Å². The van der Waals surface area contributed by atoms with Crippen LogP contribution in [0, 0.1) is 13.8 Å². The molecule has 1 aromatic carbocycles. The molecule has 146 valence electrons. The maximum Gasteiger partial charge on any atom is 0.243 e. The first-order chi connectivity index (χ1) is 13.6. The monoisotopic (exact) mass is 378 g/mol. The number of rotatable bonds is 5. The van der Waals surface area contributed by atoms with Crippen LogP contribution in [-0.4, -0.2) is 39.2 Å². The molecule has 0 amide bonds. The van der Waals surface area contributed by atoms with Gasteiger partial charge in [0, 0.05) is 36.5 Å². The fourth-order valence-electron chi connectivity index (χ4n) is 3.62. The van der Waals surface area contributed by atoms with Crippen molar-refractivity contribution in [2.24, 2.45) is 0 Å². The number of anilines is 1. The summed E-state index contributed by atoms with van der Waals surface area (Å²) in [6.45, 7) is 7.85. The number of aromatic nitrogens is 4. The number of piperidine rings is 1. The topological polar surface area (TPSA) is 80.0 Å². The Bertz CT molecular complexity index is 918. The van der Waals surface area contributed by atoms with Gasteiger partial charge in [0.2, 0.25) is 5.89 Å². The van der Waals surface area contributed by atoms with Crippen molar-refractivity contribution in [1.82, 2.24) is 25.4 Å². The Hall–Kier alpha value is -2.80. The van der Waals surface area contributed by atoms with Crippen molar-refractivity contribution < 1.29 is 4.52 Å². The van der Waals surface area contributed by atoms with Gasteiger partial charge >= 0.3 is 0 Å². The summed E-state index contributed by atoms with van der Waals surface area (Å²) < 4.78 is 5.28. The molecule has 3 aromatic rings. The zero-order chi connectivity index (χ0) is 19.5. The van der Waals surface area contributed by atoms with E-state index in [2.05, 4.69) is 50.5 Å². The molecule has 7 heteroatoms. The van der Waals surface area contributed by atoms with Gasteiger partial charge in [0.25, 0.3) is 0 Å². The van der Waals surface area contributed by atoms with Crippen molar-refractivity contribution in [1.29, 1.82) is 0 Å². The lowest BCUT2D eigenvalue weighted by atomic mass is 10.0. The molecule has 1 aliphatic heterocycles. The zero-order valence-corrected chi connectivity index (χ0v) is 16.6. The van der Waals surface area contributed by atoms with Crippen molar-refractivity contribution in [2.75, 3.05) is 18.0 Å². The first-order valence-corrected chi connectivity index (χ1v) is 9.81. The Morgan fingerprint density at radius 3 is 2.50 bits per heavy atom. The average molecular weight is 378 g/mol. The van der Waals surface area contributed by atoms with Crippen LogP contribution >= 0.6 is 0 Å². The number of hydrogen-bond acceptors (Lipinski definition) is 7. The number of nitrogens with one attached hydrogen (secondary N) is 1. The Balaban J connectivity index is 1.40. The van der Waals surface area contributed by atoms with E-state index in [9.17, 15) is 0 Å². The molecule has 1 saturated heterocycles. The second-order valence-corrected chi connectivity index (χ2v) is 7.39.